The molecule has 0 fully saturated rings. The van der Waals surface area contributed by atoms with Gasteiger partial charge in [-0.3, -0.25) is 4.79 Å². The second kappa shape index (κ2) is 10.6. The van der Waals surface area contributed by atoms with Crippen molar-refractivity contribution in [2.45, 2.75) is 13.5 Å². The molecule has 2 aromatic carbocycles. The SMILES string of the molecule is CCOc1ccc(-c2noc(CNc3ccc(C(=O)NCCOC)c(Cl)c3)n2)cc1. The Morgan fingerprint density at radius 1 is 1.20 bits per heavy atom. The molecule has 0 aliphatic heterocycles. The number of hydrogen-bond acceptors (Lipinski definition) is 7. The van der Waals surface area contributed by atoms with Crippen LogP contribution in [0, 0.1) is 0 Å². The molecule has 0 saturated heterocycles. The van der Waals surface area contributed by atoms with E-state index in [-0.39, 0.29) is 5.91 Å². The average molecular weight is 431 g/mol. The van der Waals surface area contributed by atoms with E-state index in [1.165, 1.54) is 0 Å². The number of aromatic nitrogens is 2. The van der Waals surface area contributed by atoms with Gasteiger partial charge >= 0.3 is 0 Å². The van der Waals surface area contributed by atoms with Crippen molar-refractivity contribution in [3.05, 3.63) is 58.9 Å². The minimum atomic E-state index is -0.250. The summed E-state index contributed by atoms with van der Waals surface area (Å²) in [6, 6.07) is 12.6. The quantitative estimate of drug-likeness (QED) is 0.472. The lowest BCUT2D eigenvalue weighted by molar-refractivity contribution is 0.0937. The van der Waals surface area contributed by atoms with E-state index in [0.29, 0.717) is 48.6 Å². The largest absolute Gasteiger partial charge is 0.494 e. The number of halogens is 1. The Bertz CT molecular complexity index is 975. The van der Waals surface area contributed by atoms with Crippen molar-refractivity contribution in [1.82, 2.24) is 15.5 Å². The second-order valence-electron chi connectivity index (χ2n) is 6.27. The fraction of sp³-hybridized carbons (Fsp3) is 0.286. The summed E-state index contributed by atoms with van der Waals surface area (Å²) in [5.74, 6) is 1.46. The van der Waals surface area contributed by atoms with Crippen molar-refractivity contribution >= 4 is 23.2 Å². The van der Waals surface area contributed by atoms with Crippen molar-refractivity contribution in [1.29, 1.82) is 0 Å². The number of methoxy groups -OCH3 is 1. The Labute approximate surface area is 179 Å². The Morgan fingerprint density at radius 2 is 2.00 bits per heavy atom. The van der Waals surface area contributed by atoms with Crippen molar-refractivity contribution in [3.63, 3.8) is 0 Å². The highest BCUT2D eigenvalue weighted by Crippen LogP contribution is 2.23. The molecule has 0 aliphatic carbocycles. The zero-order chi connectivity index (χ0) is 21.3. The van der Waals surface area contributed by atoms with E-state index in [9.17, 15) is 4.79 Å². The molecule has 8 nitrogen and oxygen atoms in total. The van der Waals surface area contributed by atoms with E-state index in [4.69, 9.17) is 25.6 Å². The number of anilines is 1. The molecule has 0 saturated carbocycles. The summed E-state index contributed by atoms with van der Waals surface area (Å²) >= 11 is 6.24. The van der Waals surface area contributed by atoms with E-state index in [0.717, 1.165) is 17.0 Å². The highest BCUT2D eigenvalue weighted by molar-refractivity contribution is 6.34. The Morgan fingerprint density at radius 3 is 2.70 bits per heavy atom. The van der Waals surface area contributed by atoms with Crippen molar-refractivity contribution in [2.24, 2.45) is 0 Å². The molecule has 0 radical (unpaired) electrons. The van der Waals surface area contributed by atoms with Gasteiger partial charge in [0, 0.05) is 24.9 Å². The van der Waals surface area contributed by atoms with Gasteiger partial charge in [0.1, 0.15) is 5.75 Å². The molecule has 1 heterocycles. The van der Waals surface area contributed by atoms with E-state index in [2.05, 4.69) is 20.8 Å². The topological polar surface area (TPSA) is 98.5 Å². The van der Waals surface area contributed by atoms with Crippen LogP contribution in [0.4, 0.5) is 5.69 Å². The highest BCUT2D eigenvalue weighted by atomic mass is 35.5. The van der Waals surface area contributed by atoms with Gasteiger partial charge in [0.15, 0.2) is 0 Å². The molecular formula is C21H23ClN4O4. The number of benzene rings is 2. The van der Waals surface area contributed by atoms with Gasteiger partial charge in [-0.05, 0) is 49.4 Å². The van der Waals surface area contributed by atoms with Crippen molar-refractivity contribution < 1.29 is 18.8 Å². The number of hydrogen-bond donors (Lipinski definition) is 2. The van der Waals surface area contributed by atoms with E-state index in [1.54, 1.807) is 25.3 Å². The van der Waals surface area contributed by atoms with Gasteiger partial charge in [0.05, 0.1) is 30.3 Å². The minimum absolute atomic E-state index is 0.250. The molecule has 3 rings (SSSR count). The van der Waals surface area contributed by atoms with Crippen LogP contribution >= 0.6 is 11.6 Å². The standard InChI is InChI=1S/C21H23ClN4O4/c1-3-29-16-7-4-14(5-8-16)20-25-19(30-26-20)13-24-15-6-9-17(18(22)12-15)21(27)23-10-11-28-2/h4-9,12,24H,3,10-11,13H2,1-2H3,(H,23,27). The molecule has 3 aromatic rings. The zero-order valence-electron chi connectivity index (χ0n) is 16.8. The molecule has 9 heteroatoms. The third kappa shape index (κ3) is 5.71. The Hall–Kier alpha value is -3.10. The lowest BCUT2D eigenvalue weighted by Gasteiger charge is -2.09. The third-order valence-electron chi connectivity index (χ3n) is 4.14. The van der Waals surface area contributed by atoms with Crippen LogP contribution in [-0.2, 0) is 11.3 Å². The third-order valence-corrected chi connectivity index (χ3v) is 4.45. The van der Waals surface area contributed by atoms with Crippen molar-refractivity contribution in [2.75, 3.05) is 32.2 Å². The molecular weight excluding hydrogens is 408 g/mol. The van der Waals surface area contributed by atoms with Crippen LogP contribution < -0.4 is 15.4 Å². The summed E-state index contributed by atoms with van der Waals surface area (Å²) in [7, 11) is 1.57. The summed E-state index contributed by atoms with van der Waals surface area (Å²) in [5, 5.41) is 10.2. The molecule has 0 atom stereocenters. The number of amides is 1. The van der Waals surface area contributed by atoms with Gasteiger partial charge in [0.2, 0.25) is 11.7 Å². The normalized spacial score (nSPS) is 10.6. The van der Waals surface area contributed by atoms with Gasteiger partial charge in [0.25, 0.3) is 5.91 Å². The predicted octanol–water partition coefficient (Wildman–Crippen LogP) is 3.78. The molecule has 30 heavy (non-hydrogen) atoms. The first-order valence-electron chi connectivity index (χ1n) is 9.47. The molecule has 2 N–H and O–H groups in total. The second-order valence-corrected chi connectivity index (χ2v) is 6.67. The number of ether oxygens (including phenoxy) is 2. The van der Waals surface area contributed by atoms with E-state index in [1.807, 2.05) is 31.2 Å². The number of rotatable bonds is 10. The summed E-state index contributed by atoms with van der Waals surface area (Å²) in [6.07, 6.45) is 0. The van der Waals surface area contributed by atoms with Crippen LogP contribution in [-0.4, -0.2) is 42.9 Å². The lowest BCUT2D eigenvalue weighted by atomic mass is 10.2. The molecule has 158 valence electrons. The van der Waals surface area contributed by atoms with Gasteiger partial charge in [-0.1, -0.05) is 16.8 Å². The van der Waals surface area contributed by atoms with E-state index < -0.39 is 0 Å². The number of carbonyl (C=O) groups excluding carboxylic acids is 1. The Balaban J connectivity index is 1.58. The number of carbonyl (C=O) groups is 1. The maximum absolute atomic E-state index is 12.1. The van der Waals surface area contributed by atoms with Crippen LogP contribution in [0.5, 0.6) is 5.75 Å². The molecule has 0 spiro atoms. The average Bonchev–Trinajstić information content (AvgIpc) is 3.22. The van der Waals surface area contributed by atoms with Crippen LogP contribution in [0.25, 0.3) is 11.4 Å². The highest BCUT2D eigenvalue weighted by Gasteiger charge is 2.12. The van der Waals surface area contributed by atoms with Crippen LogP contribution in [0.15, 0.2) is 47.0 Å². The van der Waals surface area contributed by atoms with Crippen LogP contribution in [0.3, 0.4) is 0 Å². The van der Waals surface area contributed by atoms with Crippen LogP contribution in [0.1, 0.15) is 23.2 Å². The van der Waals surface area contributed by atoms with Crippen molar-refractivity contribution in [3.8, 4) is 17.1 Å². The fourth-order valence-electron chi connectivity index (χ4n) is 2.66. The summed E-state index contributed by atoms with van der Waals surface area (Å²) in [5.41, 5.74) is 1.96. The van der Waals surface area contributed by atoms with Gasteiger partial charge in [-0.15, -0.1) is 0 Å². The Kier molecular flexibility index (Phi) is 7.64. The molecule has 0 unspecified atom stereocenters. The smallest absolute Gasteiger partial charge is 0.252 e. The minimum Gasteiger partial charge on any atom is -0.494 e. The molecule has 0 aliphatic rings. The first-order chi connectivity index (χ1) is 14.6. The summed E-state index contributed by atoms with van der Waals surface area (Å²) in [6.45, 7) is 3.72. The molecule has 1 amide bonds. The van der Waals surface area contributed by atoms with Gasteiger partial charge < -0.3 is 24.6 Å². The first kappa shape index (κ1) is 21.6. The van der Waals surface area contributed by atoms with Gasteiger partial charge in [-0.25, -0.2) is 0 Å². The maximum Gasteiger partial charge on any atom is 0.252 e. The maximum atomic E-state index is 12.1. The predicted molar refractivity (Wildman–Crippen MR) is 114 cm³/mol. The monoisotopic (exact) mass is 430 g/mol. The summed E-state index contributed by atoms with van der Waals surface area (Å²) < 4.78 is 15.6. The number of nitrogens with one attached hydrogen (secondary N) is 2. The fourth-order valence-corrected chi connectivity index (χ4v) is 2.93. The zero-order valence-corrected chi connectivity index (χ0v) is 17.5. The number of nitrogens with zero attached hydrogens (tertiary/aromatic N) is 2. The van der Waals surface area contributed by atoms with E-state index >= 15 is 0 Å². The van der Waals surface area contributed by atoms with Crippen LogP contribution in [0.2, 0.25) is 5.02 Å². The lowest BCUT2D eigenvalue weighted by Crippen LogP contribution is -2.27. The summed E-state index contributed by atoms with van der Waals surface area (Å²) in [4.78, 5) is 16.5. The molecule has 0 bridgehead atoms. The van der Waals surface area contributed by atoms with Gasteiger partial charge in [-0.2, -0.15) is 4.98 Å². The first-order valence-corrected chi connectivity index (χ1v) is 9.85. The molecule has 1 aromatic heterocycles.